The van der Waals surface area contributed by atoms with E-state index in [0.29, 0.717) is 31.3 Å². The van der Waals surface area contributed by atoms with Crippen molar-refractivity contribution in [1.82, 2.24) is 4.90 Å². The molecule has 2 amide bonds. The highest BCUT2D eigenvalue weighted by Crippen LogP contribution is 2.33. The van der Waals surface area contributed by atoms with E-state index in [1.165, 1.54) is 17.0 Å². The van der Waals surface area contributed by atoms with Crippen molar-refractivity contribution in [3.8, 4) is 5.75 Å². The predicted octanol–water partition coefficient (Wildman–Crippen LogP) is 1.65. The number of carbonyl (C=O) groups is 2. The summed E-state index contributed by atoms with van der Waals surface area (Å²) in [5, 5.41) is 2.67. The number of nitrogens with one attached hydrogen (secondary N) is 1. The molecule has 166 valence electrons. The van der Waals surface area contributed by atoms with Crippen LogP contribution in [0.15, 0.2) is 18.2 Å². The summed E-state index contributed by atoms with van der Waals surface area (Å²) in [6.07, 6.45) is 2.28. The van der Waals surface area contributed by atoms with Gasteiger partial charge in [0.25, 0.3) is 5.91 Å². The Labute approximate surface area is 174 Å². The van der Waals surface area contributed by atoms with Crippen LogP contribution >= 0.6 is 0 Å². The Bertz CT molecular complexity index is 760. The zero-order valence-corrected chi connectivity index (χ0v) is 17.0. The minimum atomic E-state index is -3.08. The van der Waals surface area contributed by atoms with Crippen LogP contribution in [0.3, 0.4) is 0 Å². The Balaban J connectivity index is 1.78. The third-order valence-electron chi connectivity index (χ3n) is 5.30. The molecule has 1 aliphatic carbocycles. The molecule has 0 aromatic heterocycles. The van der Waals surface area contributed by atoms with Crippen LogP contribution in [0.25, 0.3) is 0 Å². The number of benzene rings is 1. The fourth-order valence-electron chi connectivity index (χ4n) is 3.51. The first-order chi connectivity index (χ1) is 14.4. The minimum absolute atomic E-state index is 0.0739. The summed E-state index contributed by atoms with van der Waals surface area (Å²) in [4.78, 5) is 28.3. The number of nitrogens with zero attached hydrogens (tertiary/aromatic N) is 2. The topological polar surface area (TPSA) is 97.1 Å². The van der Waals surface area contributed by atoms with Gasteiger partial charge in [-0.1, -0.05) is 6.92 Å². The third-order valence-corrected chi connectivity index (χ3v) is 5.30. The summed E-state index contributed by atoms with van der Waals surface area (Å²) < 4.78 is 35.7. The van der Waals surface area contributed by atoms with Crippen LogP contribution in [0.2, 0.25) is 0 Å². The van der Waals surface area contributed by atoms with E-state index in [-0.39, 0.29) is 36.4 Å². The number of morpholine rings is 1. The number of likely N-dealkylation sites (N-methyl/N-ethyl adjacent to an activating group) is 1. The summed E-state index contributed by atoms with van der Waals surface area (Å²) >= 11 is 0. The van der Waals surface area contributed by atoms with Gasteiger partial charge in [0.15, 0.2) is 5.75 Å². The molecule has 2 aliphatic rings. The van der Waals surface area contributed by atoms with Gasteiger partial charge in [-0.25, -0.2) is 0 Å². The highest BCUT2D eigenvalue weighted by Gasteiger charge is 2.31. The Kier molecular flexibility index (Phi) is 7.57. The van der Waals surface area contributed by atoms with E-state index in [2.05, 4.69) is 10.1 Å². The molecule has 3 rings (SSSR count). The molecular formula is C20H28F2N4O4. The molecule has 1 saturated heterocycles. The molecule has 1 aromatic rings. The number of alkyl halides is 2. The second-order valence-electron chi connectivity index (χ2n) is 7.43. The zero-order valence-electron chi connectivity index (χ0n) is 17.0. The van der Waals surface area contributed by atoms with Gasteiger partial charge in [0, 0.05) is 31.4 Å². The molecule has 0 bridgehead atoms. The first-order valence-electron chi connectivity index (χ1n) is 10.1. The van der Waals surface area contributed by atoms with E-state index < -0.39 is 12.7 Å². The monoisotopic (exact) mass is 426 g/mol. The molecule has 8 nitrogen and oxygen atoms in total. The highest BCUT2D eigenvalue weighted by atomic mass is 19.3. The van der Waals surface area contributed by atoms with Gasteiger partial charge in [-0.05, 0) is 37.4 Å². The first-order valence-corrected chi connectivity index (χ1v) is 10.1. The normalized spacial score (nSPS) is 18.1. The molecule has 1 aliphatic heterocycles. The van der Waals surface area contributed by atoms with Crippen LogP contribution in [0.4, 0.5) is 20.2 Å². The Morgan fingerprint density at radius 3 is 2.80 bits per heavy atom. The summed E-state index contributed by atoms with van der Waals surface area (Å²) in [5.41, 5.74) is 6.35. The number of halogens is 2. The van der Waals surface area contributed by atoms with Gasteiger partial charge in [-0.15, -0.1) is 0 Å². The molecule has 10 heteroatoms. The van der Waals surface area contributed by atoms with Crippen molar-refractivity contribution in [3.05, 3.63) is 18.2 Å². The van der Waals surface area contributed by atoms with Crippen molar-refractivity contribution in [3.63, 3.8) is 0 Å². The number of nitrogens with two attached hydrogens (primary N) is 1. The number of anilines is 2. The number of amides is 2. The van der Waals surface area contributed by atoms with Crippen molar-refractivity contribution in [2.24, 2.45) is 11.7 Å². The van der Waals surface area contributed by atoms with Gasteiger partial charge in [0.05, 0.1) is 12.3 Å². The van der Waals surface area contributed by atoms with Crippen LogP contribution in [0.1, 0.15) is 19.8 Å². The average molecular weight is 426 g/mol. The van der Waals surface area contributed by atoms with Crippen LogP contribution in [-0.2, 0) is 14.3 Å². The van der Waals surface area contributed by atoms with Crippen molar-refractivity contribution in [2.75, 3.05) is 49.6 Å². The number of hydrogen-bond donors (Lipinski definition) is 2. The van der Waals surface area contributed by atoms with E-state index >= 15 is 0 Å². The van der Waals surface area contributed by atoms with E-state index in [0.717, 1.165) is 19.4 Å². The molecule has 1 saturated carbocycles. The average Bonchev–Trinajstić information content (AvgIpc) is 3.53. The minimum Gasteiger partial charge on any atom is -0.433 e. The molecule has 0 spiro atoms. The Hall–Kier alpha value is -2.30. The van der Waals surface area contributed by atoms with E-state index in [9.17, 15) is 18.4 Å². The number of ether oxygens (including phenoxy) is 2. The lowest BCUT2D eigenvalue weighted by atomic mass is 10.1. The number of carbonyl (C=O) groups excluding carboxylic acids is 2. The van der Waals surface area contributed by atoms with E-state index in [1.54, 1.807) is 6.07 Å². The molecule has 30 heavy (non-hydrogen) atoms. The van der Waals surface area contributed by atoms with Gasteiger partial charge < -0.3 is 25.4 Å². The lowest BCUT2D eigenvalue weighted by Gasteiger charge is -2.29. The third kappa shape index (κ3) is 5.65. The second kappa shape index (κ2) is 10.1. The van der Waals surface area contributed by atoms with Gasteiger partial charge in [0.2, 0.25) is 5.91 Å². The molecule has 0 radical (unpaired) electrons. The maximum absolute atomic E-state index is 13.0. The molecule has 3 N–H and O–H groups in total. The largest absolute Gasteiger partial charge is 0.433 e. The van der Waals surface area contributed by atoms with Crippen molar-refractivity contribution in [1.29, 1.82) is 0 Å². The fourth-order valence-corrected chi connectivity index (χ4v) is 3.51. The zero-order chi connectivity index (χ0) is 21.7. The standard InChI is InChI=1S/C20H28F2N4O4/c1-2-25(11-13-3-4-13)16(10-23)19(28)24-15-6-5-14(9-17(15)30-20(21)22)26-7-8-29-12-18(26)27/h5-6,9,13,16,20H,2-4,7-8,10-12,23H2,1H3,(H,24,28)/t16-/m0/s1. The fraction of sp³-hybridized carbons (Fsp3) is 0.600. The van der Waals surface area contributed by atoms with Crippen LogP contribution in [0.5, 0.6) is 5.75 Å². The van der Waals surface area contributed by atoms with E-state index in [4.69, 9.17) is 10.5 Å². The molecular weight excluding hydrogens is 398 g/mol. The summed E-state index contributed by atoms with van der Waals surface area (Å²) in [6, 6.07) is 3.79. The lowest BCUT2D eigenvalue weighted by Crippen LogP contribution is -2.49. The lowest BCUT2D eigenvalue weighted by molar-refractivity contribution is -0.125. The number of rotatable bonds is 10. The smallest absolute Gasteiger partial charge is 0.387 e. The van der Waals surface area contributed by atoms with Gasteiger partial charge in [-0.3, -0.25) is 14.5 Å². The van der Waals surface area contributed by atoms with Crippen LogP contribution in [0, 0.1) is 5.92 Å². The Morgan fingerprint density at radius 1 is 1.43 bits per heavy atom. The molecule has 1 aromatic carbocycles. The van der Waals surface area contributed by atoms with Gasteiger partial charge >= 0.3 is 6.61 Å². The van der Waals surface area contributed by atoms with Crippen molar-refractivity contribution in [2.45, 2.75) is 32.4 Å². The van der Waals surface area contributed by atoms with Crippen molar-refractivity contribution < 1.29 is 27.8 Å². The van der Waals surface area contributed by atoms with E-state index in [1.807, 2.05) is 11.8 Å². The first kappa shape index (κ1) is 22.4. The SMILES string of the molecule is CCN(CC1CC1)[C@@H](CN)C(=O)Nc1ccc(N2CCOCC2=O)cc1OC(F)F. The number of hydrogen-bond acceptors (Lipinski definition) is 6. The molecule has 1 heterocycles. The summed E-state index contributed by atoms with van der Waals surface area (Å²) in [6.45, 7) is 1.00. The molecule has 1 atom stereocenters. The van der Waals surface area contributed by atoms with Gasteiger partial charge in [-0.2, -0.15) is 8.78 Å². The highest BCUT2D eigenvalue weighted by molar-refractivity contribution is 5.98. The van der Waals surface area contributed by atoms with Crippen LogP contribution < -0.4 is 20.7 Å². The quantitative estimate of drug-likeness (QED) is 0.591. The summed E-state index contributed by atoms with van der Waals surface area (Å²) in [5.74, 6) is -0.289. The summed E-state index contributed by atoms with van der Waals surface area (Å²) in [7, 11) is 0. The van der Waals surface area contributed by atoms with Gasteiger partial charge in [0.1, 0.15) is 12.6 Å². The predicted molar refractivity (Wildman–Crippen MR) is 108 cm³/mol. The molecule has 2 fully saturated rings. The van der Waals surface area contributed by atoms with Crippen LogP contribution in [-0.4, -0.2) is 68.8 Å². The maximum atomic E-state index is 13.0. The maximum Gasteiger partial charge on any atom is 0.387 e. The second-order valence-corrected chi connectivity index (χ2v) is 7.43. The Morgan fingerprint density at radius 2 is 2.20 bits per heavy atom. The molecule has 0 unspecified atom stereocenters. The van der Waals surface area contributed by atoms with Crippen molar-refractivity contribution >= 4 is 23.2 Å².